The molecule has 1 aliphatic carbocycles. The highest BCUT2D eigenvalue weighted by atomic mass is 16.5. The highest BCUT2D eigenvalue weighted by Gasteiger charge is 2.18. The summed E-state index contributed by atoms with van der Waals surface area (Å²) in [4.78, 5) is 4.40. The molecule has 0 amide bonds. The van der Waals surface area contributed by atoms with Crippen LogP contribution in [0.25, 0.3) is 0 Å². The zero-order valence-corrected chi connectivity index (χ0v) is 14.5. The fraction of sp³-hybridized carbons (Fsp3) is 0.611. The van der Waals surface area contributed by atoms with Crippen molar-refractivity contribution in [1.82, 2.24) is 5.32 Å². The Kier molecular flexibility index (Phi) is 6.56. The predicted octanol–water partition coefficient (Wildman–Crippen LogP) is 3.22. The molecule has 3 N–H and O–H groups in total. The van der Waals surface area contributed by atoms with Gasteiger partial charge in [0.05, 0.1) is 19.8 Å². The van der Waals surface area contributed by atoms with Gasteiger partial charge in [0, 0.05) is 6.04 Å². The first-order chi connectivity index (χ1) is 11.1. The van der Waals surface area contributed by atoms with E-state index >= 15 is 0 Å². The van der Waals surface area contributed by atoms with Gasteiger partial charge in [0.25, 0.3) is 0 Å². The van der Waals surface area contributed by atoms with Gasteiger partial charge in [-0.2, -0.15) is 0 Å². The molecule has 1 aromatic carbocycles. The van der Waals surface area contributed by atoms with Crippen molar-refractivity contribution >= 4 is 5.96 Å². The van der Waals surface area contributed by atoms with Crippen LogP contribution in [0.1, 0.15) is 51.5 Å². The Hall–Kier alpha value is -1.91. The Morgan fingerprint density at radius 2 is 2.09 bits per heavy atom. The van der Waals surface area contributed by atoms with E-state index in [1.54, 1.807) is 7.11 Å². The number of nitrogens with zero attached hydrogens (tertiary/aromatic N) is 1. The van der Waals surface area contributed by atoms with Crippen LogP contribution < -0.4 is 20.5 Å². The third-order valence-electron chi connectivity index (χ3n) is 4.26. The van der Waals surface area contributed by atoms with E-state index < -0.39 is 0 Å². The molecule has 0 saturated heterocycles. The van der Waals surface area contributed by atoms with Crippen LogP contribution in [0.3, 0.4) is 0 Å². The maximum Gasteiger partial charge on any atom is 0.189 e. The summed E-state index contributed by atoms with van der Waals surface area (Å²) in [7, 11) is 1.67. The van der Waals surface area contributed by atoms with E-state index in [1.807, 2.05) is 18.2 Å². The van der Waals surface area contributed by atoms with Crippen LogP contribution in [-0.4, -0.2) is 25.2 Å². The van der Waals surface area contributed by atoms with Crippen molar-refractivity contribution in [2.45, 2.75) is 64.6 Å². The molecule has 1 aliphatic rings. The molecule has 0 aliphatic heterocycles. The first-order valence-corrected chi connectivity index (χ1v) is 8.52. The molecule has 1 aromatic rings. The average Bonchev–Trinajstić information content (AvgIpc) is 3.06. The minimum absolute atomic E-state index is 0.305. The van der Waals surface area contributed by atoms with Gasteiger partial charge >= 0.3 is 0 Å². The van der Waals surface area contributed by atoms with Gasteiger partial charge < -0.3 is 20.5 Å². The second kappa shape index (κ2) is 8.65. The van der Waals surface area contributed by atoms with Gasteiger partial charge in [-0.25, -0.2) is 4.99 Å². The largest absolute Gasteiger partial charge is 0.493 e. The topological polar surface area (TPSA) is 68.9 Å². The molecule has 2 rings (SSSR count). The fourth-order valence-electron chi connectivity index (χ4n) is 2.67. The summed E-state index contributed by atoms with van der Waals surface area (Å²) < 4.78 is 11.5. The van der Waals surface area contributed by atoms with E-state index in [0.717, 1.165) is 36.3 Å². The molecule has 128 valence electrons. The molecule has 0 bridgehead atoms. The Morgan fingerprint density at radius 1 is 1.35 bits per heavy atom. The van der Waals surface area contributed by atoms with Gasteiger partial charge in [0.1, 0.15) is 0 Å². The van der Waals surface area contributed by atoms with Crippen molar-refractivity contribution in [2.75, 3.05) is 7.11 Å². The van der Waals surface area contributed by atoms with Crippen molar-refractivity contribution in [3.05, 3.63) is 23.8 Å². The normalized spacial score (nSPS) is 17.1. The monoisotopic (exact) mass is 319 g/mol. The number of benzene rings is 1. The van der Waals surface area contributed by atoms with Gasteiger partial charge in [-0.3, -0.25) is 0 Å². The third-order valence-corrected chi connectivity index (χ3v) is 4.26. The Morgan fingerprint density at radius 3 is 2.74 bits per heavy atom. The van der Waals surface area contributed by atoms with Crippen LogP contribution in [0.5, 0.6) is 11.5 Å². The van der Waals surface area contributed by atoms with Gasteiger partial charge in [0.15, 0.2) is 17.5 Å². The molecule has 23 heavy (non-hydrogen) atoms. The molecule has 0 aromatic heterocycles. The van der Waals surface area contributed by atoms with Crippen LogP contribution in [0.2, 0.25) is 0 Å². The summed E-state index contributed by atoms with van der Waals surface area (Å²) >= 11 is 0. The van der Waals surface area contributed by atoms with Crippen LogP contribution in [0, 0.1) is 0 Å². The number of aliphatic imine (C=N–C) groups is 1. The molecule has 0 heterocycles. The van der Waals surface area contributed by atoms with Crippen molar-refractivity contribution in [3.8, 4) is 11.5 Å². The molecule has 1 unspecified atom stereocenters. The standard InChI is InChI=1S/C18H29N3O2/c1-4-13(2)21-18(19)20-12-14-9-10-16(22-3)17(11-14)23-15-7-5-6-8-15/h9-11,13,15H,4-8,12H2,1-3H3,(H3,19,20,21). The Bertz CT molecular complexity index is 525. The van der Waals surface area contributed by atoms with Gasteiger partial charge in [-0.05, 0) is 56.7 Å². The van der Waals surface area contributed by atoms with Gasteiger partial charge in [0.2, 0.25) is 0 Å². The lowest BCUT2D eigenvalue weighted by atomic mass is 10.2. The zero-order valence-electron chi connectivity index (χ0n) is 14.5. The van der Waals surface area contributed by atoms with E-state index in [1.165, 1.54) is 12.8 Å². The summed E-state index contributed by atoms with van der Waals surface area (Å²) in [6.45, 7) is 4.73. The van der Waals surface area contributed by atoms with E-state index in [0.29, 0.717) is 24.7 Å². The zero-order chi connectivity index (χ0) is 16.7. The Balaban J connectivity index is 2.02. The van der Waals surface area contributed by atoms with Crippen LogP contribution in [-0.2, 0) is 6.54 Å². The average molecular weight is 319 g/mol. The van der Waals surface area contributed by atoms with Crippen molar-refractivity contribution in [1.29, 1.82) is 0 Å². The summed E-state index contributed by atoms with van der Waals surface area (Å²) in [5.41, 5.74) is 6.97. The third kappa shape index (κ3) is 5.34. The van der Waals surface area contributed by atoms with E-state index in [2.05, 4.69) is 24.2 Å². The lowest BCUT2D eigenvalue weighted by Gasteiger charge is -2.16. The molecule has 5 nitrogen and oxygen atoms in total. The molecule has 5 heteroatoms. The predicted molar refractivity (Wildman–Crippen MR) is 94.1 cm³/mol. The number of hydrogen-bond donors (Lipinski definition) is 2. The van der Waals surface area contributed by atoms with E-state index in [-0.39, 0.29) is 0 Å². The molecular weight excluding hydrogens is 290 g/mol. The number of hydrogen-bond acceptors (Lipinski definition) is 3. The van der Waals surface area contributed by atoms with E-state index in [9.17, 15) is 0 Å². The maximum absolute atomic E-state index is 6.11. The van der Waals surface area contributed by atoms with Crippen molar-refractivity contribution in [2.24, 2.45) is 10.7 Å². The van der Waals surface area contributed by atoms with Crippen LogP contribution in [0.15, 0.2) is 23.2 Å². The number of ether oxygens (including phenoxy) is 2. The number of nitrogens with two attached hydrogens (primary N) is 1. The van der Waals surface area contributed by atoms with Crippen LogP contribution in [0.4, 0.5) is 0 Å². The lowest BCUT2D eigenvalue weighted by molar-refractivity contribution is 0.200. The number of guanidine groups is 1. The summed E-state index contributed by atoms with van der Waals surface area (Å²) in [6, 6.07) is 6.28. The molecule has 0 radical (unpaired) electrons. The Labute approximate surface area is 139 Å². The molecule has 1 atom stereocenters. The maximum atomic E-state index is 6.11. The first kappa shape index (κ1) is 17.4. The number of methoxy groups -OCH3 is 1. The fourth-order valence-corrected chi connectivity index (χ4v) is 2.67. The SMILES string of the molecule is CCC(C)NC(N)=NCc1ccc(OC)c(OC2CCCC2)c1. The molecule has 0 spiro atoms. The highest BCUT2D eigenvalue weighted by molar-refractivity contribution is 5.78. The molecule has 1 saturated carbocycles. The smallest absolute Gasteiger partial charge is 0.189 e. The van der Waals surface area contributed by atoms with Gasteiger partial charge in [-0.1, -0.05) is 13.0 Å². The minimum Gasteiger partial charge on any atom is -0.493 e. The van der Waals surface area contributed by atoms with Gasteiger partial charge in [-0.15, -0.1) is 0 Å². The van der Waals surface area contributed by atoms with Crippen molar-refractivity contribution < 1.29 is 9.47 Å². The number of rotatable bonds is 7. The van der Waals surface area contributed by atoms with E-state index in [4.69, 9.17) is 15.2 Å². The second-order valence-electron chi connectivity index (χ2n) is 6.16. The quantitative estimate of drug-likeness (QED) is 0.598. The summed E-state index contributed by atoms with van der Waals surface area (Å²) in [5, 5.41) is 3.17. The summed E-state index contributed by atoms with van der Waals surface area (Å²) in [6.07, 6.45) is 6.05. The highest BCUT2D eigenvalue weighted by Crippen LogP contribution is 2.32. The van der Waals surface area contributed by atoms with Crippen molar-refractivity contribution in [3.63, 3.8) is 0 Å². The summed E-state index contributed by atoms with van der Waals surface area (Å²) in [5.74, 6) is 2.06. The van der Waals surface area contributed by atoms with Crippen LogP contribution >= 0.6 is 0 Å². The molecular formula is C18H29N3O2. The lowest BCUT2D eigenvalue weighted by Crippen LogP contribution is -2.38. The first-order valence-electron chi connectivity index (χ1n) is 8.52. The second-order valence-corrected chi connectivity index (χ2v) is 6.16. The minimum atomic E-state index is 0.305. The number of nitrogens with one attached hydrogen (secondary N) is 1. The molecule has 1 fully saturated rings.